The van der Waals surface area contributed by atoms with Crippen molar-refractivity contribution in [2.24, 2.45) is 5.41 Å². The summed E-state index contributed by atoms with van der Waals surface area (Å²) in [5.41, 5.74) is 0.831. The van der Waals surface area contributed by atoms with Crippen molar-refractivity contribution in [2.75, 3.05) is 40.3 Å². The van der Waals surface area contributed by atoms with Gasteiger partial charge in [0.25, 0.3) is 0 Å². The van der Waals surface area contributed by atoms with Gasteiger partial charge < -0.3 is 9.80 Å². The van der Waals surface area contributed by atoms with Crippen LogP contribution in [0.5, 0.6) is 0 Å². The number of aromatic nitrogens is 1. The molecule has 2 amide bonds. The third kappa shape index (κ3) is 3.43. The standard InChI is InChI=1S/C18H26N4O2/c1-20(2)16(23)14-22-12-8-18(17(22)24)6-10-21(11-7-18)13-15-5-3-4-9-19-15/h3-5,9H,6-8,10-14H2,1-2H3. The van der Waals surface area contributed by atoms with Crippen molar-refractivity contribution in [1.29, 1.82) is 0 Å². The van der Waals surface area contributed by atoms with Gasteiger partial charge in [-0.2, -0.15) is 0 Å². The van der Waals surface area contributed by atoms with Crippen LogP contribution < -0.4 is 0 Å². The van der Waals surface area contributed by atoms with Crippen LogP contribution in [0.1, 0.15) is 25.0 Å². The molecule has 6 nitrogen and oxygen atoms in total. The summed E-state index contributed by atoms with van der Waals surface area (Å²) < 4.78 is 0. The number of pyridine rings is 1. The molecular weight excluding hydrogens is 304 g/mol. The number of likely N-dealkylation sites (N-methyl/N-ethyl adjacent to an activating group) is 1. The fraction of sp³-hybridized carbons (Fsp3) is 0.611. The highest BCUT2D eigenvalue weighted by molar-refractivity contribution is 5.89. The van der Waals surface area contributed by atoms with Crippen molar-refractivity contribution < 1.29 is 9.59 Å². The first-order valence-electron chi connectivity index (χ1n) is 8.62. The number of carbonyl (C=O) groups is 2. The monoisotopic (exact) mass is 330 g/mol. The smallest absolute Gasteiger partial charge is 0.241 e. The fourth-order valence-electron chi connectivity index (χ4n) is 3.67. The molecule has 1 spiro atoms. The van der Waals surface area contributed by atoms with E-state index in [9.17, 15) is 9.59 Å². The number of piperidine rings is 1. The Balaban J connectivity index is 1.55. The zero-order valence-corrected chi connectivity index (χ0v) is 14.6. The molecule has 24 heavy (non-hydrogen) atoms. The lowest BCUT2D eigenvalue weighted by Gasteiger charge is -2.37. The second kappa shape index (κ2) is 6.89. The van der Waals surface area contributed by atoms with Crippen LogP contribution in [0.3, 0.4) is 0 Å². The minimum atomic E-state index is -0.243. The van der Waals surface area contributed by atoms with Crippen LogP contribution >= 0.6 is 0 Å². The van der Waals surface area contributed by atoms with Gasteiger partial charge in [-0.15, -0.1) is 0 Å². The van der Waals surface area contributed by atoms with E-state index >= 15 is 0 Å². The molecule has 2 aliphatic rings. The van der Waals surface area contributed by atoms with Gasteiger partial charge >= 0.3 is 0 Å². The normalized spacial score (nSPS) is 20.6. The Kier molecular flexibility index (Phi) is 4.85. The van der Waals surface area contributed by atoms with Gasteiger partial charge in [-0.1, -0.05) is 6.07 Å². The Morgan fingerprint density at radius 2 is 1.92 bits per heavy atom. The van der Waals surface area contributed by atoms with E-state index in [1.54, 1.807) is 23.9 Å². The van der Waals surface area contributed by atoms with E-state index in [0.717, 1.165) is 44.6 Å². The Hall–Kier alpha value is -1.95. The zero-order chi connectivity index (χ0) is 17.2. The van der Waals surface area contributed by atoms with Gasteiger partial charge in [-0.3, -0.25) is 19.5 Å². The molecule has 3 rings (SSSR count). The van der Waals surface area contributed by atoms with E-state index in [2.05, 4.69) is 9.88 Å². The van der Waals surface area contributed by atoms with Gasteiger partial charge in [0.1, 0.15) is 0 Å². The van der Waals surface area contributed by atoms with E-state index in [1.165, 1.54) is 0 Å². The molecule has 0 unspecified atom stereocenters. The SMILES string of the molecule is CN(C)C(=O)CN1CCC2(CCN(Cc3ccccn3)CC2)C1=O. The fourth-order valence-corrected chi connectivity index (χ4v) is 3.67. The molecule has 3 heterocycles. The van der Waals surface area contributed by atoms with Gasteiger partial charge in [0.2, 0.25) is 11.8 Å². The average molecular weight is 330 g/mol. The maximum absolute atomic E-state index is 12.8. The molecule has 0 aromatic carbocycles. The van der Waals surface area contributed by atoms with Crippen molar-refractivity contribution in [3.8, 4) is 0 Å². The van der Waals surface area contributed by atoms with Crippen molar-refractivity contribution in [3.05, 3.63) is 30.1 Å². The lowest BCUT2D eigenvalue weighted by Crippen LogP contribution is -2.46. The van der Waals surface area contributed by atoms with Crippen molar-refractivity contribution in [3.63, 3.8) is 0 Å². The maximum Gasteiger partial charge on any atom is 0.241 e. The first-order chi connectivity index (χ1) is 11.5. The van der Waals surface area contributed by atoms with Crippen LogP contribution in [0.15, 0.2) is 24.4 Å². The molecule has 0 radical (unpaired) electrons. The molecular formula is C18H26N4O2. The summed E-state index contributed by atoms with van der Waals surface area (Å²) in [6, 6.07) is 5.98. The quantitative estimate of drug-likeness (QED) is 0.826. The van der Waals surface area contributed by atoms with Gasteiger partial charge in [0.15, 0.2) is 0 Å². The zero-order valence-electron chi connectivity index (χ0n) is 14.6. The van der Waals surface area contributed by atoms with Gasteiger partial charge in [-0.25, -0.2) is 0 Å². The highest BCUT2D eigenvalue weighted by Crippen LogP contribution is 2.41. The number of rotatable bonds is 4. The molecule has 0 atom stereocenters. The minimum absolute atomic E-state index is 0.00649. The third-order valence-corrected chi connectivity index (χ3v) is 5.35. The molecule has 0 bridgehead atoms. The predicted octanol–water partition coefficient (Wildman–Crippen LogP) is 0.984. The van der Waals surface area contributed by atoms with Crippen molar-refractivity contribution in [2.45, 2.75) is 25.8 Å². The third-order valence-electron chi connectivity index (χ3n) is 5.35. The number of hydrogen-bond acceptors (Lipinski definition) is 4. The number of carbonyl (C=O) groups excluding carboxylic acids is 2. The Morgan fingerprint density at radius 3 is 2.54 bits per heavy atom. The average Bonchev–Trinajstić information content (AvgIpc) is 2.87. The lowest BCUT2D eigenvalue weighted by molar-refractivity contribution is -0.143. The number of amides is 2. The largest absolute Gasteiger partial charge is 0.347 e. The molecule has 1 aromatic rings. The van der Waals surface area contributed by atoms with Gasteiger partial charge in [-0.05, 0) is 44.5 Å². The number of hydrogen-bond donors (Lipinski definition) is 0. The number of nitrogens with zero attached hydrogens (tertiary/aromatic N) is 4. The van der Waals surface area contributed by atoms with Crippen molar-refractivity contribution >= 4 is 11.8 Å². The van der Waals surface area contributed by atoms with Gasteiger partial charge in [0.05, 0.1) is 17.7 Å². The van der Waals surface area contributed by atoms with Crippen LogP contribution in [0, 0.1) is 5.41 Å². The van der Waals surface area contributed by atoms with Gasteiger partial charge in [0, 0.05) is 33.4 Å². The van der Waals surface area contributed by atoms with Crippen LogP contribution in [0.2, 0.25) is 0 Å². The summed E-state index contributed by atoms with van der Waals surface area (Å²) in [4.78, 5) is 34.8. The molecule has 0 aliphatic carbocycles. The second-order valence-electron chi connectivity index (χ2n) is 7.14. The molecule has 130 valence electrons. The van der Waals surface area contributed by atoms with E-state index < -0.39 is 0 Å². The summed E-state index contributed by atoms with van der Waals surface area (Å²) in [6.45, 7) is 3.59. The van der Waals surface area contributed by atoms with Crippen LogP contribution in [0.25, 0.3) is 0 Å². The Labute approximate surface area is 143 Å². The summed E-state index contributed by atoms with van der Waals surface area (Å²) in [5.74, 6) is 0.170. The van der Waals surface area contributed by atoms with E-state index in [-0.39, 0.29) is 23.8 Å². The Morgan fingerprint density at radius 1 is 1.21 bits per heavy atom. The van der Waals surface area contributed by atoms with Crippen LogP contribution in [0.4, 0.5) is 0 Å². The lowest BCUT2D eigenvalue weighted by atomic mass is 9.77. The molecule has 2 fully saturated rings. The molecule has 1 aromatic heterocycles. The summed E-state index contributed by atoms with van der Waals surface area (Å²) in [7, 11) is 3.46. The van der Waals surface area contributed by atoms with E-state index in [1.807, 2.05) is 24.4 Å². The number of likely N-dealkylation sites (tertiary alicyclic amines) is 2. The highest BCUT2D eigenvalue weighted by Gasteiger charge is 2.48. The van der Waals surface area contributed by atoms with Crippen molar-refractivity contribution in [1.82, 2.24) is 19.7 Å². The summed E-state index contributed by atoms with van der Waals surface area (Å²) >= 11 is 0. The van der Waals surface area contributed by atoms with E-state index in [4.69, 9.17) is 0 Å². The molecule has 6 heteroatoms. The molecule has 2 aliphatic heterocycles. The first-order valence-corrected chi connectivity index (χ1v) is 8.62. The Bertz CT molecular complexity index is 594. The van der Waals surface area contributed by atoms with E-state index in [0.29, 0.717) is 6.54 Å². The van der Waals surface area contributed by atoms with Crippen LogP contribution in [-0.2, 0) is 16.1 Å². The predicted molar refractivity (Wildman–Crippen MR) is 91.1 cm³/mol. The minimum Gasteiger partial charge on any atom is -0.347 e. The summed E-state index contributed by atoms with van der Waals surface area (Å²) in [6.07, 6.45) is 4.46. The molecule has 2 saturated heterocycles. The molecule has 0 N–H and O–H groups in total. The first kappa shape index (κ1) is 16.9. The van der Waals surface area contributed by atoms with Crippen LogP contribution in [-0.4, -0.2) is 71.8 Å². The maximum atomic E-state index is 12.8. The highest BCUT2D eigenvalue weighted by atomic mass is 16.2. The molecule has 0 saturated carbocycles. The topological polar surface area (TPSA) is 56.8 Å². The second-order valence-corrected chi connectivity index (χ2v) is 7.14. The summed E-state index contributed by atoms with van der Waals surface area (Å²) in [5, 5.41) is 0.